The molecule has 7 heteroatoms. The molecule has 0 bridgehead atoms. The summed E-state index contributed by atoms with van der Waals surface area (Å²) in [5.74, 6) is 0.357. The Balaban J connectivity index is 1.34. The number of ketones is 1. The van der Waals surface area contributed by atoms with Crippen LogP contribution < -0.4 is 10.1 Å². The molecule has 6 nitrogen and oxygen atoms in total. The Morgan fingerprint density at radius 2 is 1.65 bits per heavy atom. The summed E-state index contributed by atoms with van der Waals surface area (Å²) in [5.41, 5.74) is 1.72. The van der Waals surface area contributed by atoms with E-state index in [2.05, 4.69) is 5.32 Å². The van der Waals surface area contributed by atoms with Crippen LogP contribution in [0.3, 0.4) is 0 Å². The van der Waals surface area contributed by atoms with Crippen LogP contribution in [-0.4, -0.2) is 48.2 Å². The lowest BCUT2D eigenvalue weighted by Crippen LogP contribution is -2.47. The molecule has 1 N–H and O–H groups in total. The number of hydrogen-bond donors (Lipinski definition) is 1. The number of ether oxygens (including phenoxy) is 1. The molecule has 164 valence electrons. The van der Waals surface area contributed by atoms with E-state index < -0.39 is 0 Å². The molecule has 0 saturated carbocycles. The minimum atomic E-state index is -0.128. The van der Waals surface area contributed by atoms with Crippen LogP contribution in [0.4, 0.5) is 0 Å². The zero-order valence-corrected chi connectivity index (χ0v) is 18.4. The molecule has 0 aliphatic carbocycles. The second kappa shape index (κ2) is 11.0. The van der Waals surface area contributed by atoms with Crippen molar-refractivity contribution in [3.05, 3.63) is 64.7 Å². The Morgan fingerprint density at radius 3 is 2.29 bits per heavy atom. The van der Waals surface area contributed by atoms with Gasteiger partial charge in [0.25, 0.3) is 5.91 Å². The maximum atomic E-state index is 12.4. The van der Waals surface area contributed by atoms with Crippen LogP contribution in [0.1, 0.15) is 41.6 Å². The summed E-state index contributed by atoms with van der Waals surface area (Å²) < 4.78 is 5.51. The maximum Gasteiger partial charge on any atom is 0.260 e. The Bertz CT molecular complexity index is 904. The molecule has 1 aliphatic heterocycles. The zero-order valence-electron chi connectivity index (χ0n) is 17.6. The van der Waals surface area contributed by atoms with Crippen molar-refractivity contribution in [2.75, 3.05) is 19.7 Å². The van der Waals surface area contributed by atoms with E-state index in [4.69, 9.17) is 16.3 Å². The highest BCUT2D eigenvalue weighted by atomic mass is 35.5. The van der Waals surface area contributed by atoms with Gasteiger partial charge in [-0.15, -0.1) is 0 Å². The number of carbonyl (C=O) groups excluding carboxylic acids is 3. The summed E-state index contributed by atoms with van der Waals surface area (Å²) in [7, 11) is 0. The van der Waals surface area contributed by atoms with E-state index in [0.717, 1.165) is 5.56 Å². The SMILES string of the molecule is Cc1ccc(C(=O)CCC(=O)NC2CCN(C(=O)COc3ccc(Cl)cc3)CC2)cc1. The quantitative estimate of drug-likeness (QED) is 0.631. The molecule has 31 heavy (non-hydrogen) atoms. The molecule has 1 aliphatic rings. The molecule has 3 rings (SSSR count). The topological polar surface area (TPSA) is 75.7 Å². The van der Waals surface area contributed by atoms with E-state index in [1.807, 2.05) is 19.1 Å². The molecule has 2 aromatic rings. The standard InChI is InChI=1S/C24H27ClN2O4/c1-17-2-4-18(5-3-17)22(28)10-11-23(29)26-20-12-14-27(15-13-20)24(30)16-31-21-8-6-19(25)7-9-21/h2-9,20H,10-16H2,1H3,(H,26,29). The van der Waals surface area contributed by atoms with Crippen LogP contribution in [0.5, 0.6) is 5.75 Å². The summed E-state index contributed by atoms with van der Waals surface area (Å²) in [6.45, 7) is 3.07. The van der Waals surface area contributed by atoms with Gasteiger partial charge in [0, 0.05) is 42.6 Å². The highest BCUT2D eigenvalue weighted by Gasteiger charge is 2.24. The first-order valence-corrected chi connectivity index (χ1v) is 10.8. The first kappa shape index (κ1) is 22.8. The summed E-state index contributed by atoms with van der Waals surface area (Å²) in [6.07, 6.45) is 1.73. The van der Waals surface area contributed by atoms with Gasteiger partial charge in [0.05, 0.1) is 0 Å². The normalized spacial score (nSPS) is 14.2. The van der Waals surface area contributed by atoms with Gasteiger partial charge in [0.15, 0.2) is 12.4 Å². The Morgan fingerprint density at radius 1 is 1.00 bits per heavy atom. The lowest BCUT2D eigenvalue weighted by molar-refractivity contribution is -0.134. The van der Waals surface area contributed by atoms with Gasteiger partial charge in [0.1, 0.15) is 5.75 Å². The fourth-order valence-corrected chi connectivity index (χ4v) is 3.58. The number of likely N-dealkylation sites (tertiary alicyclic amines) is 1. The fraction of sp³-hybridized carbons (Fsp3) is 0.375. The first-order chi connectivity index (χ1) is 14.9. The number of amides is 2. The van der Waals surface area contributed by atoms with E-state index in [-0.39, 0.29) is 43.1 Å². The van der Waals surface area contributed by atoms with E-state index >= 15 is 0 Å². The minimum absolute atomic E-state index is 0.0169. The number of aryl methyl sites for hydroxylation is 1. The molecule has 2 amide bonds. The third kappa shape index (κ3) is 7.10. The summed E-state index contributed by atoms with van der Waals surface area (Å²) in [6, 6.07) is 14.3. The smallest absolute Gasteiger partial charge is 0.260 e. The van der Waals surface area contributed by atoms with Crippen LogP contribution >= 0.6 is 11.6 Å². The zero-order chi connectivity index (χ0) is 22.2. The van der Waals surface area contributed by atoms with E-state index in [0.29, 0.717) is 42.3 Å². The van der Waals surface area contributed by atoms with Gasteiger partial charge in [-0.3, -0.25) is 14.4 Å². The van der Waals surface area contributed by atoms with E-state index in [9.17, 15) is 14.4 Å². The largest absolute Gasteiger partial charge is 0.484 e. The van der Waals surface area contributed by atoms with Crippen LogP contribution in [0.25, 0.3) is 0 Å². The van der Waals surface area contributed by atoms with Gasteiger partial charge in [-0.05, 0) is 44.0 Å². The number of rotatable bonds is 8. The third-order valence-electron chi connectivity index (χ3n) is 5.34. The number of piperidine rings is 1. The van der Waals surface area contributed by atoms with Crippen molar-refractivity contribution in [2.24, 2.45) is 0 Å². The van der Waals surface area contributed by atoms with Crippen molar-refractivity contribution in [2.45, 2.75) is 38.6 Å². The lowest BCUT2D eigenvalue weighted by Gasteiger charge is -2.32. The van der Waals surface area contributed by atoms with Gasteiger partial charge in [-0.1, -0.05) is 41.4 Å². The number of benzene rings is 2. The number of nitrogens with zero attached hydrogens (tertiary/aromatic N) is 1. The first-order valence-electron chi connectivity index (χ1n) is 10.5. The second-order valence-corrected chi connectivity index (χ2v) is 8.19. The maximum absolute atomic E-state index is 12.4. The lowest BCUT2D eigenvalue weighted by atomic mass is 10.0. The van der Waals surface area contributed by atoms with Gasteiger partial charge in [0.2, 0.25) is 5.91 Å². The Labute approximate surface area is 187 Å². The van der Waals surface area contributed by atoms with Gasteiger partial charge >= 0.3 is 0 Å². The van der Waals surface area contributed by atoms with Crippen molar-refractivity contribution in [3.63, 3.8) is 0 Å². The molecule has 0 aromatic heterocycles. The van der Waals surface area contributed by atoms with Crippen LogP contribution in [0, 0.1) is 6.92 Å². The molecule has 0 atom stereocenters. The van der Waals surface area contributed by atoms with Crippen LogP contribution in [-0.2, 0) is 9.59 Å². The van der Waals surface area contributed by atoms with Gasteiger partial charge in [-0.25, -0.2) is 0 Å². The average molecular weight is 443 g/mol. The van der Waals surface area contributed by atoms with Gasteiger partial charge < -0.3 is 15.0 Å². The van der Waals surface area contributed by atoms with Crippen molar-refractivity contribution in [3.8, 4) is 5.75 Å². The molecule has 0 unspecified atom stereocenters. The summed E-state index contributed by atoms with van der Waals surface area (Å²) >= 11 is 5.84. The number of nitrogens with one attached hydrogen (secondary N) is 1. The van der Waals surface area contributed by atoms with Crippen LogP contribution in [0.2, 0.25) is 5.02 Å². The highest BCUT2D eigenvalue weighted by Crippen LogP contribution is 2.16. The number of Topliss-reactive ketones (excluding diaryl/α,β-unsaturated/α-hetero) is 1. The van der Waals surface area contributed by atoms with Crippen LogP contribution in [0.15, 0.2) is 48.5 Å². The predicted octanol–water partition coefficient (Wildman–Crippen LogP) is 3.80. The van der Waals surface area contributed by atoms with Crippen molar-refractivity contribution >= 4 is 29.2 Å². The van der Waals surface area contributed by atoms with Gasteiger partial charge in [-0.2, -0.15) is 0 Å². The molecule has 1 heterocycles. The molecular weight excluding hydrogens is 416 g/mol. The number of halogens is 1. The predicted molar refractivity (Wildman–Crippen MR) is 119 cm³/mol. The third-order valence-corrected chi connectivity index (χ3v) is 5.59. The van der Waals surface area contributed by atoms with E-state index in [1.165, 1.54) is 0 Å². The molecule has 0 spiro atoms. The summed E-state index contributed by atoms with van der Waals surface area (Å²) in [5, 5.41) is 3.60. The molecule has 1 fully saturated rings. The second-order valence-electron chi connectivity index (χ2n) is 7.75. The fourth-order valence-electron chi connectivity index (χ4n) is 3.45. The minimum Gasteiger partial charge on any atom is -0.484 e. The Hall–Kier alpha value is -2.86. The molecule has 2 aromatic carbocycles. The Kier molecular flexibility index (Phi) is 8.06. The average Bonchev–Trinajstić information content (AvgIpc) is 2.78. The number of hydrogen-bond acceptors (Lipinski definition) is 4. The highest BCUT2D eigenvalue weighted by molar-refractivity contribution is 6.30. The molecular formula is C24H27ClN2O4. The number of carbonyl (C=O) groups is 3. The monoisotopic (exact) mass is 442 g/mol. The van der Waals surface area contributed by atoms with Crippen molar-refractivity contribution in [1.82, 2.24) is 10.2 Å². The molecule has 1 saturated heterocycles. The summed E-state index contributed by atoms with van der Waals surface area (Å²) in [4.78, 5) is 38.5. The van der Waals surface area contributed by atoms with Crippen molar-refractivity contribution in [1.29, 1.82) is 0 Å². The van der Waals surface area contributed by atoms with E-state index in [1.54, 1.807) is 41.3 Å². The van der Waals surface area contributed by atoms with Crippen molar-refractivity contribution < 1.29 is 19.1 Å². The molecule has 0 radical (unpaired) electrons.